The molecule has 0 bridgehead atoms. The molecular weight excluding hydrogens is 152 g/mol. The maximum atomic E-state index is 8.77. The van der Waals surface area contributed by atoms with E-state index in [4.69, 9.17) is 10.2 Å². The third-order valence-corrected chi connectivity index (χ3v) is 2.34. The highest BCUT2D eigenvalue weighted by Gasteiger charge is 2.09. The van der Waals surface area contributed by atoms with E-state index in [1.54, 1.807) is 0 Å². The predicted octanol–water partition coefficient (Wildman–Crippen LogP) is 2.29. The van der Waals surface area contributed by atoms with Crippen LogP contribution in [0.1, 0.15) is 52.4 Å². The Hall–Kier alpha value is -0.0800. The van der Waals surface area contributed by atoms with Gasteiger partial charge in [-0.05, 0) is 5.92 Å². The first-order valence-corrected chi connectivity index (χ1v) is 5.06. The van der Waals surface area contributed by atoms with E-state index >= 15 is 0 Å². The Labute approximate surface area is 75.6 Å². The highest BCUT2D eigenvalue weighted by Crippen LogP contribution is 2.18. The molecule has 2 nitrogen and oxygen atoms in total. The Kier molecular flexibility index (Phi) is 7.51. The van der Waals surface area contributed by atoms with Crippen LogP contribution in [-0.2, 0) is 0 Å². The third kappa shape index (κ3) is 6.62. The van der Waals surface area contributed by atoms with Crippen molar-refractivity contribution in [1.29, 1.82) is 0 Å². The van der Waals surface area contributed by atoms with Crippen LogP contribution < -0.4 is 0 Å². The van der Waals surface area contributed by atoms with Crippen LogP contribution in [0, 0.1) is 5.92 Å². The average Bonchev–Trinajstić information content (AvgIpc) is 2.02. The lowest BCUT2D eigenvalue weighted by Gasteiger charge is -2.15. The summed E-state index contributed by atoms with van der Waals surface area (Å²) in [5.74, 6) is 0.497. The fourth-order valence-electron chi connectivity index (χ4n) is 1.47. The molecule has 0 aliphatic carbocycles. The molecule has 0 saturated carbocycles. The molecule has 0 amide bonds. The van der Waals surface area contributed by atoms with Crippen molar-refractivity contribution in [3.63, 3.8) is 0 Å². The summed E-state index contributed by atoms with van der Waals surface area (Å²) < 4.78 is 0. The van der Waals surface area contributed by atoms with Crippen molar-refractivity contribution >= 4 is 0 Å². The molecule has 0 aromatic rings. The summed E-state index contributed by atoms with van der Waals surface area (Å²) in [6, 6.07) is 0. The Bertz CT molecular complexity index is 91.8. The molecule has 2 heteroatoms. The molecule has 0 aliphatic rings. The van der Waals surface area contributed by atoms with Gasteiger partial charge >= 0.3 is 0 Å². The second-order valence-corrected chi connectivity index (χ2v) is 3.49. The van der Waals surface area contributed by atoms with E-state index in [9.17, 15) is 0 Å². The molecule has 74 valence electrons. The first-order valence-electron chi connectivity index (χ1n) is 5.06. The molecule has 0 fully saturated rings. The van der Waals surface area contributed by atoms with Gasteiger partial charge in [0.2, 0.25) is 0 Å². The van der Waals surface area contributed by atoms with Crippen LogP contribution in [-0.4, -0.2) is 16.5 Å². The number of aliphatic hydroxyl groups excluding tert-OH is 1. The van der Waals surface area contributed by atoms with Crippen molar-refractivity contribution in [2.24, 2.45) is 5.92 Å². The van der Waals surface area contributed by atoms with Crippen LogP contribution in [0.3, 0.4) is 0 Å². The fraction of sp³-hybridized carbons (Fsp3) is 1.00. The zero-order valence-electron chi connectivity index (χ0n) is 8.29. The second-order valence-electron chi connectivity index (χ2n) is 3.49. The molecule has 0 aliphatic heterocycles. The van der Waals surface area contributed by atoms with E-state index in [2.05, 4.69) is 13.8 Å². The van der Waals surface area contributed by atoms with Gasteiger partial charge < -0.3 is 10.2 Å². The summed E-state index contributed by atoms with van der Waals surface area (Å²) in [4.78, 5) is 0. The Morgan fingerprint density at radius 2 is 1.75 bits per heavy atom. The molecule has 0 radical (unpaired) electrons. The first kappa shape index (κ1) is 11.9. The van der Waals surface area contributed by atoms with Crippen molar-refractivity contribution in [1.82, 2.24) is 0 Å². The van der Waals surface area contributed by atoms with E-state index in [0.717, 1.165) is 12.8 Å². The molecule has 0 aromatic heterocycles. The standard InChI is InChI=1S/C10H22O2/c1-3-5-6-7-9(4-2)8-10(11)12/h9-12H,3-8H2,1-2H3. The minimum absolute atomic E-state index is 0.497. The zero-order valence-corrected chi connectivity index (χ0v) is 8.29. The van der Waals surface area contributed by atoms with Gasteiger partial charge in [-0.25, -0.2) is 0 Å². The number of hydrogen-bond donors (Lipinski definition) is 2. The number of rotatable bonds is 7. The monoisotopic (exact) mass is 174 g/mol. The molecular formula is C10H22O2. The molecule has 12 heavy (non-hydrogen) atoms. The summed E-state index contributed by atoms with van der Waals surface area (Å²) >= 11 is 0. The highest BCUT2D eigenvalue weighted by molar-refractivity contribution is 4.58. The second kappa shape index (κ2) is 7.56. The van der Waals surface area contributed by atoms with Crippen molar-refractivity contribution in [2.45, 2.75) is 58.7 Å². The van der Waals surface area contributed by atoms with Crippen LogP contribution in [0.5, 0.6) is 0 Å². The number of hydrogen-bond acceptors (Lipinski definition) is 2. The molecule has 0 aromatic carbocycles. The van der Waals surface area contributed by atoms with E-state index in [1.807, 2.05) is 0 Å². The van der Waals surface area contributed by atoms with Gasteiger partial charge in [0.15, 0.2) is 6.29 Å². The van der Waals surface area contributed by atoms with Gasteiger partial charge in [0.1, 0.15) is 0 Å². The third-order valence-electron chi connectivity index (χ3n) is 2.34. The molecule has 0 heterocycles. The molecule has 1 unspecified atom stereocenters. The van der Waals surface area contributed by atoms with Crippen molar-refractivity contribution in [3.05, 3.63) is 0 Å². The Balaban J connectivity index is 3.39. The molecule has 0 spiro atoms. The van der Waals surface area contributed by atoms with E-state index in [-0.39, 0.29) is 0 Å². The van der Waals surface area contributed by atoms with Gasteiger partial charge in [-0.2, -0.15) is 0 Å². The Morgan fingerprint density at radius 1 is 1.08 bits per heavy atom. The van der Waals surface area contributed by atoms with Crippen LogP contribution in [0.4, 0.5) is 0 Å². The summed E-state index contributed by atoms with van der Waals surface area (Å²) in [6.07, 6.45) is 5.35. The normalized spacial score (nSPS) is 13.8. The number of aliphatic hydroxyl groups is 2. The first-order chi connectivity index (χ1) is 5.70. The fourth-order valence-corrected chi connectivity index (χ4v) is 1.47. The SMILES string of the molecule is CCCCCC(CC)CC(O)O. The van der Waals surface area contributed by atoms with Gasteiger partial charge in [-0.1, -0.05) is 46.0 Å². The largest absolute Gasteiger partial charge is 0.368 e. The quantitative estimate of drug-likeness (QED) is 0.459. The van der Waals surface area contributed by atoms with Gasteiger partial charge in [0.05, 0.1) is 0 Å². The molecule has 1 atom stereocenters. The summed E-state index contributed by atoms with van der Waals surface area (Å²) in [5, 5.41) is 17.5. The van der Waals surface area contributed by atoms with Gasteiger partial charge in [0, 0.05) is 6.42 Å². The van der Waals surface area contributed by atoms with E-state index < -0.39 is 6.29 Å². The maximum Gasteiger partial charge on any atom is 0.151 e. The van der Waals surface area contributed by atoms with Gasteiger partial charge in [0.25, 0.3) is 0 Å². The lowest BCUT2D eigenvalue weighted by atomic mass is 9.95. The van der Waals surface area contributed by atoms with E-state index in [1.165, 1.54) is 19.3 Å². The minimum atomic E-state index is -1.11. The molecule has 0 rings (SSSR count). The van der Waals surface area contributed by atoms with E-state index in [0.29, 0.717) is 12.3 Å². The highest BCUT2D eigenvalue weighted by atomic mass is 16.5. The van der Waals surface area contributed by atoms with Gasteiger partial charge in [-0.15, -0.1) is 0 Å². The van der Waals surface area contributed by atoms with Crippen LogP contribution >= 0.6 is 0 Å². The minimum Gasteiger partial charge on any atom is -0.368 e. The lowest BCUT2D eigenvalue weighted by Crippen LogP contribution is -2.12. The predicted molar refractivity (Wildman–Crippen MR) is 50.8 cm³/mol. The Morgan fingerprint density at radius 3 is 2.17 bits per heavy atom. The average molecular weight is 174 g/mol. The van der Waals surface area contributed by atoms with Crippen molar-refractivity contribution < 1.29 is 10.2 Å². The molecule has 0 saturated heterocycles. The smallest absolute Gasteiger partial charge is 0.151 e. The lowest BCUT2D eigenvalue weighted by molar-refractivity contribution is -0.0570. The van der Waals surface area contributed by atoms with Crippen LogP contribution in [0.15, 0.2) is 0 Å². The summed E-state index contributed by atoms with van der Waals surface area (Å²) in [5.41, 5.74) is 0. The summed E-state index contributed by atoms with van der Waals surface area (Å²) in [7, 11) is 0. The summed E-state index contributed by atoms with van der Waals surface area (Å²) in [6.45, 7) is 4.29. The topological polar surface area (TPSA) is 40.5 Å². The van der Waals surface area contributed by atoms with Crippen LogP contribution in [0.2, 0.25) is 0 Å². The molecule has 2 N–H and O–H groups in total. The maximum absolute atomic E-state index is 8.77. The van der Waals surface area contributed by atoms with Gasteiger partial charge in [-0.3, -0.25) is 0 Å². The van der Waals surface area contributed by atoms with Crippen molar-refractivity contribution in [3.8, 4) is 0 Å². The number of unbranched alkanes of at least 4 members (excludes halogenated alkanes) is 2. The van der Waals surface area contributed by atoms with Crippen LogP contribution in [0.25, 0.3) is 0 Å². The van der Waals surface area contributed by atoms with Crippen molar-refractivity contribution in [2.75, 3.05) is 0 Å². The zero-order chi connectivity index (χ0) is 9.40.